The topological polar surface area (TPSA) is 9.23 Å². The Morgan fingerprint density at radius 1 is 1.47 bits per heavy atom. The van der Waals surface area contributed by atoms with Crippen LogP contribution in [0, 0.1) is 0 Å². The van der Waals surface area contributed by atoms with E-state index in [1.807, 2.05) is 0 Å². The van der Waals surface area contributed by atoms with E-state index in [-0.39, 0.29) is 0 Å². The van der Waals surface area contributed by atoms with Gasteiger partial charge in [-0.2, -0.15) is 0 Å². The van der Waals surface area contributed by atoms with Gasteiger partial charge in [-0.05, 0) is 24.5 Å². The summed E-state index contributed by atoms with van der Waals surface area (Å²) in [6.07, 6.45) is 10.7. The van der Waals surface area contributed by atoms with Crippen LogP contribution < -0.4 is 0 Å². The molecule has 1 rings (SSSR count). The second kappa shape index (κ2) is 7.02. The summed E-state index contributed by atoms with van der Waals surface area (Å²) < 4.78 is 5.99. The average molecular weight is 224 g/mol. The zero-order chi connectivity index (χ0) is 11.1. The molecule has 1 atom stereocenters. The molecule has 0 radical (unpaired) electrons. The zero-order valence-corrected chi connectivity index (χ0v) is 11.5. The van der Waals surface area contributed by atoms with Crippen molar-refractivity contribution in [2.24, 2.45) is 0 Å². The maximum Gasteiger partial charge on any atom is 0.0795 e. The molecular weight excluding hydrogens is 200 g/mol. The summed E-state index contributed by atoms with van der Waals surface area (Å²) >= 11 is 0. The van der Waals surface area contributed by atoms with Crippen molar-refractivity contribution in [3.05, 3.63) is 23.8 Å². The van der Waals surface area contributed by atoms with Crippen molar-refractivity contribution in [2.75, 3.05) is 6.61 Å². The molecule has 0 aromatic heterocycles. The van der Waals surface area contributed by atoms with Crippen LogP contribution in [0.5, 0.6) is 0 Å². The number of hydrogen-bond donors (Lipinski definition) is 0. The molecule has 0 amide bonds. The fraction of sp³-hybridized carbons (Fsp3) is 0.692. The van der Waals surface area contributed by atoms with Gasteiger partial charge in [0, 0.05) is 15.4 Å². The number of hydrogen-bond acceptors (Lipinski definition) is 1. The number of unbranched alkanes of at least 4 members (excludes halogenated alkanes) is 1. The van der Waals surface area contributed by atoms with Crippen LogP contribution in [-0.2, 0) is 4.74 Å². The maximum atomic E-state index is 5.99. The standard InChI is InChI=1S/C13H24OSi/c1-4-5-10-14-13(11-15(2)3)12-8-6-7-9-12/h6,8-9,13,15H,4-5,7,10-11H2,1-3H3. The fourth-order valence-electron chi connectivity index (χ4n) is 1.81. The first-order chi connectivity index (χ1) is 7.24. The average Bonchev–Trinajstić information content (AvgIpc) is 2.68. The number of rotatable bonds is 7. The Morgan fingerprint density at radius 2 is 2.27 bits per heavy atom. The van der Waals surface area contributed by atoms with Crippen molar-refractivity contribution in [3.8, 4) is 0 Å². The Morgan fingerprint density at radius 3 is 2.80 bits per heavy atom. The summed E-state index contributed by atoms with van der Waals surface area (Å²) in [6.45, 7) is 7.93. The molecule has 1 unspecified atom stereocenters. The highest BCUT2D eigenvalue weighted by molar-refractivity contribution is 6.55. The highest BCUT2D eigenvalue weighted by Gasteiger charge is 2.16. The lowest BCUT2D eigenvalue weighted by molar-refractivity contribution is 0.0894. The van der Waals surface area contributed by atoms with E-state index in [2.05, 4.69) is 38.2 Å². The Bertz CT molecular complexity index is 231. The van der Waals surface area contributed by atoms with Crippen LogP contribution in [0.2, 0.25) is 19.1 Å². The molecule has 0 fully saturated rings. The van der Waals surface area contributed by atoms with Crippen molar-refractivity contribution >= 4 is 8.80 Å². The number of ether oxygens (including phenoxy) is 1. The van der Waals surface area contributed by atoms with Crippen molar-refractivity contribution < 1.29 is 4.74 Å². The van der Waals surface area contributed by atoms with Gasteiger partial charge in [0.25, 0.3) is 0 Å². The third kappa shape index (κ3) is 4.80. The molecule has 86 valence electrons. The normalized spacial score (nSPS) is 17.2. The Labute approximate surface area is 95.8 Å². The van der Waals surface area contributed by atoms with Gasteiger partial charge in [0.05, 0.1) is 6.10 Å². The minimum atomic E-state index is -0.536. The monoisotopic (exact) mass is 224 g/mol. The summed E-state index contributed by atoms with van der Waals surface area (Å²) in [5, 5.41) is 0. The van der Waals surface area contributed by atoms with Crippen LogP contribution in [0.4, 0.5) is 0 Å². The van der Waals surface area contributed by atoms with Gasteiger partial charge in [0.15, 0.2) is 0 Å². The summed E-state index contributed by atoms with van der Waals surface area (Å²) in [7, 11) is -0.536. The van der Waals surface area contributed by atoms with Crippen LogP contribution in [0.1, 0.15) is 26.2 Å². The van der Waals surface area contributed by atoms with E-state index in [1.165, 1.54) is 24.5 Å². The first-order valence-electron chi connectivity index (χ1n) is 6.22. The summed E-state index contributed by atoms with van der Waals surface area (Å²) in [4.78, 5) is 0. The Kier molecular flexibility index (Phi) is 5.95. The lowest BCUT2D eigenvalue weighted by atomic mass is 10.2. The lowest BCUT2D eigenvalue weighted by Gasteiger charge is -2.19. The maximum absolute atomic E-state index is 5.99. The van der Waals surface area contributed by atoms with E-state index >= 15 is 0 Å². The van der Waals surface area contributed by atoms with Crippen molar-refractivity contribution in [3.63, 3.8) is 0 Å². The van der Waals surface area contributed by atoms with Gasteiger partial charge < -0.3 is 4.74 Å². The molecule has 15 heavy (non-hydrogen) atoms. The van der Waals surface area contributed by atoms with Crippen LogP contribution in [0.15, 0.2) is 23.8 Å². The molecule has 1 aliphatic carbocycles. The molecule has 0 aromatic rings. The van der Waals surface area contributed by atoms with E-state index in [4.69, 9.17) is 4.74 Å². The van der Waals surface area contributed by atoms with E-state index in [0.717, 1.165) is 13.0 Å². The van der Waals surface area contributed by atoms with E-state index < -0.39 is 8.80 Å². The van der Waals surface area contributed by atoms with Gasteiger partial charge in [-0.25, -0.2) is 0 Å². The molecule has 2 heteroatoms. The molecule has 0 saturated heterocycles. The Hall–Kier alpha value is -0.343. The molecule has 0 aromatic carbocycles. The molecule has 0 N–H and O–H groups in total. The first kappa shape index (κ1) is 12.7. The zero-order valence-electron chi connectivity index (χ0n) is 10.3. The summed E-state index contributed by atoms with van der Waals surface area (Å²) in [5.74, 6) is 0. The highest BCUT2D eigenvalue weighted by Crippen LogP contribution is 2.20. The number of allylic oxidation sites excluding steroid dienone is 2. The highest BCUT2D eigenvalue weighted by atomic mass is 28.3. The second-order valence-corrected chi connectivity index (χ2v) is 7.94. The van der Waals surface area contributed by atoms with Crippen LogP contribution in [0.25, 0.3) is 0 Å². The molecule has 0 saturated carbocycles. The summed E-state index contributed by atoms with van der Waals surface area (Å²) in [5.41, 5.74) is 1.42. The van der Waals surface area contributed by atoms with Crippen LogP contribution >= 0.6 is 0 Å². The largest absolute Gasteiger partial charge is 0.374 e. The van der Waals surface area contributed by atoms with Crippen molar-refractivity contribution in [1.29, 1.82) is 0 Å². The van der Waals surface area contributed by atoms with E-state index in [9.17, 15) is 0 Å². The minimum absolute atomic E-state index is 0.391. The Balaban J connectivity index is 2.41. The molecule has 1 nitrogen and oxygen atoms in total. The van der Waals surface area contributed by atoms with Gasteiger partial charge >= 0.3 is 0 Å². The SMILES string of the molecule is CCCCOC(C[SiH](C)C)C1=CCC=C1. The third-order valence-corrected chi connectivity index (χ3v) is 4.05. The molecule has 0 spiro atoms. The molecule has 0 aliphatic heterocycles. The lowest BCUT2D eigenvalue weighted by Crippen LogP contribution is -2.20. The van der Waals surface area contributed by atoms with Gasteiger partial charge in [-0.15, -0.1) is 0 Å². The van der Waals surface area contributed by atoms with Gasteiger partial charge in [-0.1, -0.05) is 44.7 Å². The second-order valence-electron chi connectivity index (χ2n) is 4.68. The summed E-state index contributed by atoms with van der Waals surface area (Å²) in [6, 6.07) is 1.28. The first-order valence-corrected chi connectivity index (χ1v) is 9.34. The van der Waals surface area contributed by atoms with E-state index in [1.54, 1.807) is 0 Å². The van der Waals surface area contributed by atoms with Gasteiger partial charge in [0.1, 0.15) is 0 Å². The third-order valence-electron chi connectivity index (χ3n) is 2.67. The molecular formula is C13H24OSi. The molecule has 1 aliphatic rings. The molecule has 0 bridgehead atoms. The predicted molar refractivity (Wildman–Crippen MR) is 70.2 cm³/mol. The minimum Gasteiger partial charge on any atom is -0.374 e. The quantitative estimate of drug-likeness (QED) is 0.475. The molecule has 0 heterocycles. The predicted octanol–water partition coefficient (Wildman–Crippen LogP) is 3.54. The smallest absolute Gasteiger partial charge is 0.0795 e. The van der Waals surface area contributed by atoms with E-state index in [0.29, 0.717) is 6.10 Å². The van der Waals surface area contributed by atoms with Crippen LogP contribution in [-0.4, -0.2) is 21.5 Å². The van der Waals surface area contributed by atoms with Crippen LogP contribution in [0.3, 0.4) is 0 Å². The fourth-order valence-corrected chi connectivity index (χ4v) is 3.08. The van der Waals surface area contributed by atoms with Gasteiger partial charge in [0.2, 0.25) is 0 Å². The van der Waals surface area contributed by atoms with Crippen molar-refractivity contribution in [1.82, 2.24) is 0 Å². The van der Waals surface area contributed by atoms with Gasteiger partial charge in [-0.3, -0.25) is 0 Å². The van der Waals surface area contributed by atoms with Crippen molar-refractivity contribution in [2.45, 2.75) is 51.4 Å².